The van der Waals surface area contributed by atoms with Gasteiger partial charge < -0.3 is 24.7 Å². The fourth-order valence-electron chi connectivity index (χ4n) is 4.50. The van der Waals surface area contributed by atoms with Crippen LogP contribution in [-0.2, 0) is 17.7 Å². The fraction of sp³-hybridized carbons (Fsp3) is 0.407. The minimum Gasteiger partial charge on any atom is -0.409 e. The van der Waals surface area contributed by atoms with Crippen LogP contribution in [0, 0.1) is 0 Å². The van der Waals surface area contributed by atoms with Gasteiger partial charge in [-0.2, -0.15) is 0 Å². The Morgan fingerprint density at radius 3 is 2.42 bits per heavy atom. The van der Waals surface area contributed by atoms with Crippen LogP contribution in [0.15, 0.2) is 55.1 Å². The van der Waals surface area contributed by atoms with Crippen LogP contribution in [-0.4, -0.2) is 101 Å². The number of rotatable bonds is 8. The summed E-state index contributed by atoms with van der Waals surface area (Å²) in [6, 6.07) is 10.8. The van der Waals surface area contributed by atoms with Crippen molar-refractivity contribution in [3.8, 4) is 5.75 Å². The SMILES string of the molecule is O=C(Nc1ccc(OC(=O)N2CCN(CCc3cnc[nH]3)CC2)cn1)c1ccc(CN2CCOCC2)cc1. The van der Waals surface area contributed by atoms with Crippen LogP contribution in [0.3, 0.4) is 0 Å². The van der Waals surface area contributed by atoms with Crippen LogP contribution in [0.25, 0.3) is 0 Å². The number of carbonyl (C=O) groups is 2. The van der Waals surface area contributed by atoms with Gasteiger partial charge in [-0.25, -0.2) is 14.8 Å². The molecular formula is C27H33N7O4. The highest BCUT2D eigenvalue weighted by molar-refractivity contribution is 6.03. The molecule has 0 bridgehead atoms. The number of benzene rings is 1. The van der Waals surface area contributed by atoms with Gasteiger partial charge >= 0.3 is 6.09 Å². The predicted octanol–water partition coefficient (Wildman–Crippen LogP) is 2.25. The zero-order chi connectivity index (χ0) is 26.2. The number of nitrogens with zero attached hydrogens (tertiary/aromatic N) is 5. The van der Waals surface area contributed by atoms with Crippen molar-refractivity contribution in [1.82, 2.24) is 29.7 Å². The lowest BCUT2D eigenvalue weighted by molar-refractivity contribution is 0.0342. The lowest BCUT2D eigenvalue weighted by Crippen LogP contribution is -2.49. The van der Waals surface area contributed by atoms with E-state index < -0.39 is 6.09 Å². The summed E-state index contributed by atoms with van der Waals surface area (Å²) in [5.74, 6) is 0.478. The van der Waals surface area contributed by atoms with Gasteiger partial charge in [-0.1, -0.05) is 12.1 Å². The average Bonchev–Trinajstić information content (AvgIpc) is 3.48. The van der Waals surface area contributed by atoms with E-state index in [0.29, 0.717) is 30.2 Å². The molecule has 1 aromatic carbocycles. The van der Waals surface area contributed by atoms with Crippen LogP contribution >= 0.6 is 0 Å². The number of hydrogen-bond donors (Lipinski definition) is 2. The topological polar surface area (TPSA) is 116 Å². The van der Waals surface area contributed by atoms with E-state index >= 15 is 0 Å². The van der Waals surface area contributed by atoms with Crippen molar-refractivity contribution in [2.24, 2.45) is 0 Å². The molecule has 2 N–H and O–H groups in total. The highest BCUT2D eigenvalue weighted by atomic mass is 16.6. The minimum atomic E-state index is -0.394. The molecule has 2 amide bonds. The smallest absolute Gasteiger partial charge is 0.409 e. The number of morpholine rings is 1. The number of imidazole rings is 1. The van der Waals surface area contributed by atoms with Gasteiger partial charge in [0.2, 0.25) is 0 Å². The van der Waals surface area contributed by atoms with Crippen molar-refractivity contribution in [3.63, 3.8) is 0 Å². The Hall–Kier alpha value is -3.80. The molecule has 0 unspecified atom stereocenters. The van der Waals surface area contributed by atoms with Crippen LogP contribution in [0.1, 0.15) is 21.6 Å². The number of aromatic nitrogens is 3. The monoisotopic (exact) mass is 519 g/mol. The lowest BCUT2D eigenvalue weighted by atomic mass is 10.1. The molecule has 11 nitrogen and oxygen atoms in total. The quantitative estimate of drug-likeness (QED) is 0.466. The highest BCUT2D eigenvalue weighted by Crippen LogP contribution is 2.16. The van der Waals surface area contributed by atoms with E-state index in [1.807, 2.05) is 30.5 Å². The van der Waals surface area contributed by atoms with Gasteiger partial charge in [-0.3, -0.25) is 14.6 Å². The fourth-order valence-corrected chi connectivity index (χ4v) is 4.50. The van der Waals surface area contributed by atoms with Gasteiger partial charge in [-0.15, -0.1) is 0 Å². The van der Waals surface area contributed by atoms with Gasteiger partial charge in [-0.05, 0) is 29.8 Å². The zero-order valence-electron chi connectivity index (χ0n) is 21.3. The number of amides is 2. The van der Waals surface area contributed by atoms with Gasteiger partial charge in [0, 0.05) is 76.2 Å². The number of ether oxygens (including phenoxy) is 2. The van der Waals surface area contributed by atoms with E-state index in [-0.39, 0.29) is 5.91 Å². The Kier molecular flexibility index (Phi) is 8.59. The predicted molar refractivity (Wildman–Crippen MR) is 141 cm³/mol. The standard InChI is InChI=1S/C27H33N7O4/c35-26(22-3-1-21(2-4-22)19-33-13-15-37-16-14-33)31-25-6-5-24(18-29-25)38-27(36)34-11-9-32(10-12-34)8-7-23-17-28-20-30-23/h1-6,17-18,20H,7-16,19H2,(H,28,30)(H,29,31,35). The van der Waals surface area contributed by atoms with Crippen LogP contribution in [0.4, 0.5) is 10.6 Å². The number of aromatic amines is 1. The second kappa shape index (κ2) is 12.6. The molecule has 0 saturated carbocycles. The van der Waals surface area contributed by atoms with Crippen molar-refractivity contribution in [1.29, 1.82) is 0 Å². The van der Waals surface area contributed by atoms with E-state index in [4.69, 9.17) is 9.47 Å². The molecule has 2 fully saturated rings. The third-order valence-electron chi connectivity index (χ3n) is 6.79. The summed E-state index contributed by atoms with van der Waals surface area (Å²) < 4.78 is 10.9. The van der Waals surface area contributed by atoms with E-state index in [0.717, 1.165) is 70.2 Å². The molecule has 3 aromatic rings. The molecule has 200 valence electrons. The first-order chi connectivity index (χ1) is 18.6. The molecule has 2 aliphatic rings. The van der Waals surface area contributed by atoms with E-state index in [9.17, 15) is 9.59 Å². The maximum absolute atomic E-state index is 12.6. The van der Waals surface area contributed by atoms with Gasteiger partial charge in [0.25, 0.3) is 5.91 Å². The molecule has 4 heterocycles. The average molecular weight is 520 g/mol. The Balaban J connectivity index is 1.05. The van der Waals surface area contributed by atoms with E-state index in [1.165, 1.54) is 6.20 Å². The molecule has 5 rings (SSSR count). The number of carbonyl (C=O) groups excluding carboxylic acids is 2. The molecule has 0 spiro atoms. The molecule has 11 heteroatoms. The number of nitrogens with one attached hydrogen (secondary N) is 2. The first-order valence-electron chi connectivity index (χ1n) is 13.0. The Morgan fingerprint density at radius 1 is 0.947 bits per heavy atom. The second-order valence-electron chi connectivity index (χ2n) is 9.44. The summed E-state index contributed by atoms with van der Waals surface area (Å²) in [4.78, 5) is 43.0. The second-order valence-corrected chi connectivity index (χ2v) is 9.44. The van der Waals surface area contributed by atoms with Crippen LogP contribution in [0.5, 0.6) is 5.75 Å². The number of piperazine rings is 1. The largest absolute Gasteiger partial charge is 0.415 e. The van der Waals surface area contributed by atoms with E-state index in [1.54, 1.807) is 23.4 Å². The van der Waals surface area contributed by atoms with Gasteiger partial charge in [0.05, 0.1) is 25.7 Å². The van der Waals surface area contributed by atoms with Crippen molar-refractivity contribution >= 4 is 17.8 Å². The molecule has 0 radical (unpaired) electrons. The normalized spacial score (nSPS) is 16.8. The third-order valence-corrected chi connectivity index (χ3v) is 6.79. The summed E-state index contributed by atoms with van der Waals surface area (Å²) in [5.41, 5.74) is 2.82. The van der Waals surface area contributed by atoms with Gasteiger partial charge in [0.15, 0.2) is 5.75 Å². The minimum absolute atomic E-state index is 0.245. The molecule has 38 heavy (non-hydrogen) atoms. The Labute approximate surface area is 221 Å². The van der Waals surface area contributed by atoms with Crippen molar-refractivity contribution in [2.75, 3.05) is 64.3 Å². The lowest BCUT2D eigenvalue weighted by Gasteiger charge is -2.33. The van der Waals surface area contributed by atoms with Gasteiger partial charge in [0.1, 0.15) is 5.82 Å². The first kappa shape index (κ1) is 25.8. The van der Waals surface area contributed by atoms with Crippen LogP contribution < -0.4 is 10.1 Å². The van der Waals surface area contributed by atoms with Crippen molar-refractivity contribution in [2.45, 2.75) is 13.0 Å². The third kappa shape index (κ3) is 7.15. The number of H-pyrrole nitrogens is 1. The number of pyridine rings is 1. The van der Waals surface area contributed by atoms with Crippen molar-refractivity contribution in [3.05, 3.63) is 71.9 Å². The number of hydrogen-bond acceptors (Lipinski definition) is 8. The first-order valence-corrected chi connectivity index (χ1v) is 13.0. The summed E-state index contributed by atoms with van der Waals surface area (Å²) in [5, 5.41) is 2.79. The number of anilines is 1. The zero-order valence-corrected chi connectivity index (χ0v) is 21.3. The molecule has 2 saturated heterocycles. The summed E-state index contributed by atoms with van der Waals surface area (Å²) >= 11 is 0. The van der Waals surface area contributed by atoms with E-state index in [2.05, 4.69) is 30.1 Å². The molecule has 0 aliphatic carbocycles. The Bertz CT molecular complexity index is 1170. The summed E-state index contributed by atoms with van der Waals surface area (Å²) in [6.45, 7) is 7.92. The maximum Gasteiger partial charge on any atom is 0.415 e. The molecular weight excluding hydrogens is 486 g/mol. The summed E-state index contributed by atoms with van der Waals surface area (Å²) in [7, 11) is 0. The van der Waals surface area contributed by atoms with Crippen molar-refractivity contribution < 1.29 is 19.1 Å². The maximum atomic E-state index is 12.6. The highest BCUT2D eigenvalue weighted by Gasteiger charge is 2.22. The Morgan fingerprint density at radius 2 is 1.74 bits per heavy atom. The molecule has 2 aliphatic heterocycles. The van der Waals surface area contributed by atoms with Crippen LogP contribution in [0.2, 0.25) is 0 Å². The molecule has 2 aromatic heterocycles. The summed E-state index contributed by atoms with van der Waals surface area (Å²) in [6.07, 6.45) is 5.47. The molecule has 0 atom stereocenters.